The minimum atomic E-state index is -0.812. The summed E-state index contributed by atoms with van der Waals surface area (Å²) >= 11 is 0. The standard InChI is InChI=1S/C14H31N3OS.HI/c1-6-8-9-10-16-13(15-7-2)17-11-12-19(18)14(3,4)5;/h6-12H2,1-5H3,(H2,15,16,17);1H. The van der Waals surface area contributed by atoms with Gasteiger partial charge in [0.15, 0.2) is 5.96 Å². The van der Waals surface area contributed by atoms with Crippen molar-refractivity contribution >= 4 is 40.7 Å². The van der Waals surface area contributed by atoms with Crippen molar-refractivity contribution in [2.75, 3.05) is 25.4 Å². The van der Waals surface area contributed by atoms with E-state index >= 15 is 0 Å². The maximum absolute atomic E-state index is 11.9. The summed E-state index contributed by atoms with van der Waals surface area (Å²) < 4.78 is 11.8. The van der Waals surface area contributed by atoms with Crippen molar-refractivity contribution in [1.29, 1.82) is 0 Å². The number of hydrogen-bond donors (Lipinski definition) is 2. The maximum atomic E-state index is 11.9. The Labute approximate surface area is 144 Å². The fraction of sp³-hybridized carbons (Fsp3) is 0.929. The number of unbranched alkanes of at least 4 members (excludes halogenated alkanes) is 2. The van der Waals surface area contributed by atoms with Crippen molar-refractivity contribution in [3.63, 3.8) is 0 Å². The summed E-state index contributed by atoms with van der Waals surface area (Å²) in [4.78, 5) is 4.51. The average molecular weight is 417 g/mol. The second-order valence-corrected chi connectivity index (χ2v) is 7.88. The van der Waals surface area contributed by atoms with Gasteiger partial charge in [-0.2, -0.15) is 0 Å². The lowest BCUT2D eigenvalue weighted by Crippen LogP contribution is -2.40. The van der Waals surface area contributed by atoms with E-state index in [1.54, 1.807) is 0 Å². The summed E-state index contributed by atoms with van der Waals surface area (Å²) in [5.41, 5.74) is 0. The van der Waals surface area contributed by atoms with E-state index in [-0.39, 0.29) is 28.7 Å². The molecule has 0 fully saturated rings. The second-order valence-electron chi connectivity index (χ2n) is 5.56. The van der Waals surface area contributed by atoms with Gasteiger partial charge in [0.1, 0.15) is 0 Å². The zero-order chi connectivity index (χ0) is 14.7. The van der Waals surface area contributed by atoms with Crippen LogP contribution in [0.3, 0.4) is 0 Å². The van der Waals surface area contributed by atoms with Gasteiger partial charge in [-0.15, -0.1) is 24.0 Å². The molecule has 0 rings (SSSR count). The second kappa shape index (κ2) is 12.9. The molecule has 0 spiro atoms. The quantitative estimate of drug-likeness (QED) is 0.276. The summed E-state index contributed by atoms with van der Waals surface area (Å²) in [5, 5.41) is 6.46. The van der Waals surface area contributed by atoms with Crippen LogP contribution in [-0.4, -0.2) is 40.3 Å². The smallest absolute Gasteiger partial charge is 0.191 e. The fourth-order valence-corrected chi connectivity index (χ4v) is 2.36. The molecule has 1 unspecified atom stereocenters. The van der Waals surface area contributed by atoms with E-state index in [1.165, 1.54) is 12.8 Å². The first-order valence-corrected chi connectivity index (χ1v) is 8.64. The molecule has 0 bridgehead atoms. The summed E-state index contributed by atoms with van der Waals surface area (Å²) in [6, 6.07) is 0. The Bertz CT molecular complexity index is 291. The number of hydrogen-bond acceptors (Lipinski definition) is 2. The molecule has 0 aromatic rings. The van der Waals surface area contributed by atoms with Gasteiger partial charge in [0.05, 0.1) is 0 Å². The topological polar surface area (TPSA) is 53.5 Å². The van der Waals surface area contributed by atoms with Crippen molar-refractivity contribution in [3.8, 4) is 0 Å². The summed E-state index contributed by atoms with van der Waals surface area (Å²) in [5.74, 6) is 1.49. The van der Waals surface area contributed by atoms with E-state index < -0.39 is 10.8 Å². The monoisotopic (exact) mass is 417 g/mol. The van der Waals surface area contributed by atoms with Crippen LogP contribution < -0.4 is 10.6 Å². The lowest BCUT2D eigenvalue weighted by molar-refractivity contribution is 0.647. The molecule has 0 aliphatic heterocycles. The number of aliphatic imine (C=N–C) groups is 1. The highest BCUT2D eigenvalue weighted by Gasteiger charge is 2.18. The number of halogens is 1. The van der Waals surface area contributed by atoms with Crippen LogP contribution in [-0.2, 0) is 10.8 Å². The largest absolute Gasteiger partial charge is 0.357 e. The van der Waals surface area contributed by atoms with Crippen molar-refractivity contribution in [2.45, 2.75) is 58.6 Å². The first-order valence-electron chi connectivity index (χ1n) is 7.32. The number of guanidine groups is 1. The molecule has 4 nitrogen and oxygen atoms in total. The highest BCUT2D eigenvalue weighted by Crippen LogP contribution is 2.10. The zero-order valence-corrected chi connectivity index (χ0v) is 16.8. The van der Waals surface area contributed by atoms with Gasteiger partial charge in [-0.25, -0.2) is 0 Å². The molecule has 0 saturated carbocycles. The molecule has 6 heteroatoms. The van der Waals surface area contributed by atoms with Gasteiger partial charge in [-0.3, -0.25) is 9.20 Å². The van der Waals surface area contributed by atoms with Gasteiger partial charge in [-0.1, -0.05) is 19.8 Å². The molecule has 0 saturated heterocycles. The summed E-state index contributed by atoms with van der Waals surface area (Å²) in [7, 11) is -0.812. The third-order valence-corrected chi connectivity index (χ3v) is 4.58. The van der Waals surface area contributed by atoms with Crippen LogP contribution >= 0.6 is 24.0 Å². The first kappa shape index (κ1) is 22.4. The van der Waals surface area contributed by atoms with Gasteiger partial charge >= 0.3 is 0 Å². The Balaban J connectivity index is 0. The van der Waals surface area contributed by atoms with Crippen LogP contribution in [0.5, 0.6) is 0 Å². The predicted molar refractivity (Wildman–Crippen MR) is 102 cm³/mol. The molecule has 0 aliphatic carbocycles. The van der Waals surface area contributed by atoms with Crippen LogP contribution in [0.4, 0.5) is 0 Å². The third-order valence-electron chi connectivity index (χ3n) is 2.64. The van der Waals surface area contributed by atoms with Crippen molar-refractivity contribution in [1.82, 2.24) is 10.6 Å². The molecule has 1 atom stereocenters. The molecule has 0 aliphatic rings. The van der Waals surface area contributed by atoms with E-state index in [2.05, 4.69) is 29.5 Å². The van der Waals surface area contributed by atoms with Crippen LogP contribution in [0.1, 0.15) is 53.9 Å². The van der Waals surface area contributed by atoms with Gasteiger partial charge in [0.25, 0.3) is 0 Å². The van der Waals surface area contributed by atoms with Crippen LogP contribution in [0.25, 0.3) is 0 Å². The molecule has 0 radical (unpaired) electrons. The predicted octanol–water partition coefficient (Wildman–Crippen LogP) is 2.90. The van der Waals surface area contributed by atoms with E-state index in [1.807, 2.05) is 20.8 Å². The lowest BCUT2D eigenvalue weighted by atomic mass is 10.2. The minimum absolute atomic E-state index is 0. The Morgan fingerprint density at radius 3 is 2.30 bits per heavy atom. The molecule has 0 aromatic carbocycles. The van der Waals surface area contributed by atoms with Gasteiger partial charge < -0.3 is 10.6 Å². The van der Waals surface area contributed by atoms with E-state index in [4.69, 9.17) is 0 Å². The first-order chi connectivity index (χ1) is 8.91. The van der Waals surface area contributed by atoms with Gasteiger partial charge in [0, 0.05) is 40.9 Å². The molecular weight excluding hydrogens is 385 g/mol. The van der Waals surface area contributed by atoms with Crippen molar-refractivity contribution in [2.24, 2.45) is 4.99 Å². The normalized spacial score (nSPS) is 13.6. The van der Waals surface area contributed by atoms with Crippen molar-refractivity contribution < 1.29 is 4.21 Å². The fourth-order valence-electron chi connectivity index (χ4n) is 1.46. The molecule has 122 valence electrons. The molecule has 0 heterocycles. The van der Waals surface area contributed by atoms with Crippen LogP contribution in [0.15, 0.2) is 4.99 Å². The molecular formula is C14H32IN3OS. The Hall–Kier alpha value is 0.150. The van der Waals surface area contributed by atoms with Gasteiger partial charge in [0.2, 0.25) is 0 Å². The molecule has 20 heavy (non-hydrogen) atoms. The Morgan fingerprint density at radius 1 is 1.15 bits per heavy atom. The number of nitrogens with zero attached hydrogens (tertiary/aromatic N) is 1. The van der Waals surface area contributed by atoms with E-state index in [0.29, 0.717) is 12.3 Å². The highest BCUT2D eigenvalue weighted by atomic mass is 127. The lowest BCUT2D eigenvalue weighted by Gasteiger charge is -2.18. The Morgan fingerprint density at radius 2 is 1.80 bits per heavy atom. The van der Waals surface area contributed by atoms with Gasteiger partial charge in [-0.05, 0) is 34.1 Å². The maximum Gasteiger partial charge on any atom is 0.191 e. The van der Waals surface area contributed by atoms with E-state index in [0.717, 1.165) is 25.5 Å². The van der Waals surface area contributed by atoms with E-state index in [9.17, 15) is 4.21 Å². The summed E-state index contributed by atoms with van der Waals surface area (Å²) in [6.07, 6.45) is 3.56. The third kappa shape index (κ3) is 11.9. The molecule has 2 N–H and O–H groups in total. The van der Waals surface area contributed by atoms with Crippen LogP contribution in [0.2, 0.25) is 0 Å². The number of rotatable bonds is 8. The zero-order valence-electron chi connectivity index (χ0n) is 13.6. The average Bonchev–Trinajstić information content (AvgIpc) is 2.33. The van der Waals surface area contributed by atoms with Crippen LogP contribution in [0, 0.1) is 0 Å². The minimum Gasteiger partial charge on any atom is -0.357 e. The van der Waals surface area contributed by atoms with Crippen molar-refractivity contribution in [3.05, 3.63) is 0 Å². The highest BCUT2D eigenvalue weighted by molar-refractivity contribution is 14.0. The summed E-state index contributed by atoms with van der Waals surface area (Å²) in [6.45, 7) is 12.7. The number of nitrogens with one attached hydrogen (secondary N) is 2. The Kier molecular flexibility index (Phi) is 14.4. The molecule has 0 aromatic heterocycles. The molecule has 0 amide bonds. The SMILES string of the molecule is CCCCCN=C(NCC)NCCS(=O)C(C)(C)C.I.